The highest BCUT2D eigenvalue weighted by Crippen LogP contribution is 2.14. The van der Waals surface area contributed by atoms with Crippen LogP contribution in [-0.2, 0) is 11.3 Å². The number of carbonyl (C=O) groups excluding carboxylic acids is 1. The average molecular weight is 299 g/mol. The van der Waals surface area contributed by atoms with Crippen LogP contribution in [0.2, 0.25) is 5.02 Å². The second-order valence-corrected chi connectivity index (χ2v) is 5.35. The Morgan fingerprint density at radius 1 is 1.30 bits per heavy atom. The molecule has 0 aliphatic carbocycles. The maximum Gasteiger partial charge on any atom is 0.326 e. The Morgan fingerprint density at radius 2 is 1.95 bits per heavy atom. The number of benzene rings is 1. The summed E-state index contributed by atoms with van der Waals surface area (Å²) in [4.78, 5) is 22.7. The molecule has 3 N–H and O–H groups in total. The molecular weight excluding hydrogens is 280 g/mol. The van der Waals surface area contributed by atoms with Crippen LogP contribution >= 0.6 is 11.6 Å². The minimum atomic E-state index is -1.04. The van der Waals surface area contributed by atoms with Crippen molar-refractivity contribution in [2.45, 2.75) is 32.9 Å². The topological polar surface area (TPSA) is 78.4 Å². The van der Waals surface area contributed by atoms with E-state index in [-0.39, 0.29) is 12.5 Å². The molecule has 0 fully saturated rings. The number of aliphatic carboxylic acids is 1. The number of urea groups is 1. The van der Waals surface area contributed by atoms with Gasteiger partial charge in [-0.1, -0.05) is 43.6 Å². The van der Waals surface area contributed by atoms with Crippen molar-refractivity contribution in [1.29, 1.82) is 0 Å². The van der Waals surface area contributed by atoms with Gasteiger partial charge in [-0.3, -0.25) is 0 Å². The van der Waals surface area contributed by atoms with E-state index in [0.717, 1.165) is 5.56 Å². The van der Waals surface area contributed by atoms with Crippen molar-refractivity contribution in [1.82, 2.24) is 10.6 Å². The van der Waals surface area contributed by atoms with Crippen LogP contribution in [0.3, 0.4) is 0 Å². The first-order valence-corrected chi connectivity index (χ1v) is 6.78. The largest absolute Gasteiger partial charge is 0.480 e. The highest BCUT2D eigenvalue weighted by molar-refractivity contribution is 6.31. The molecule has 5 nitrogen and oxygen atoms in total. The smallest absolute Gasteiger partial charge is 0.326 e. The predicted octanol–water partition coefficient (Wildman–Crippen LogP) is 2.64. The van der Waals surface area contributed by atoms with Gasteiger partial charge in [-0.05, 0) is 24.0 Å². The number of hydrogen-bond acceptors (Lipinski definition) is 2. The van der Waals surface area contributed by atoms with Gasteiger partial charge in [-0.2, -0.15) is 0 Å². The SMILES string of the molecule is CC(C)C[C@H](NC(=O)NCc1ccccc1Cl)C(=O)O. The van der Waals surface area contributed by atoms with Gasteiger partial charge in [0.15, 0.2) is 0 Å². The third kappa shape index (κ3) is 5.48. The van der Waals surface area contributed by atoms with Crippen LogP contribution in [0, 0.1) is 5.92 Å². The van der Waals surface area contributed by atoms with E-state index in [9.17, 15) is 9.59 Å². The zero-order valence-corrected chi connectivity index (χ0v) is 12.3. The van der Waals surface area contributed by atoms with Gasteiger partial charge in [-0.15, -0.1) is 0 Å². The number of rotatable bonds is 6. The molecule has 1 rings (SSSR count). The molecule has 0 radical (unpaired) electrons. The van der Waals surface area contributed by atoms with Gasteiger partial charge in [0.05, 0.1) is 0 Å². The summed E-state index contributed by atoms with van der Waals surface area (Å²) in [7, 11) is 0. The molecule has 0 heterocycles. The lowest BCUT2D eigenvalue weighted by atomic mass is 10.0. The number of halogens is 1. The van der Waals surface area contributed by atoms with E-state index in [1.807, 2.05) is 19.9 Å². The van der Waals surface area contributed by atoms with Gasteiger partial charge in [0.2, 0.25) is 0 Å². The highest BCUT2D eigenvalue weighted by Gasteiger charge is 2.20. The second kappa shape index (κ2) is 7.75. The molecule has 0 aromatic heterocycles. The minimum Gasteiger partial charge on any atom is -0.480 e. The fourth-order valence-corrected chi connectivity index (χ4v) is 1.92. The monoisotopic (exact) mass is 298 g/mol. The molecular formula is C14H19ClN2O3. The molecule has 0 aliphatic heterocycles. The molecule has 0 saturated heterocycles. The number of carboxylic acid groups (broad SMARTS) is 1. The Labute approximate surface area is 123 Å². The van der Waals surface area contributed by atoms with Crippen molar-refractivity contribution in [3.8, 4) is 0 Å². The standard InChI is InChI=1S/C14H19ClN2O3/c1-9(2)7-12(13(18)19)17-14(20)16-8-10-5-3-4-6-11(10)15/h3-6,9,12H,7-8H2,1-2H3,(H,18,19)(H2,16,17,20)/t12-/m0/s1. The molecule has 0 spiro atoms. The fourth-order valence-electron chi connectivity index (χ4n) is 1.72. The summed E-state index contributed by atoms with van der Waals surface area (Å²) in [6.45, 7) is 4.05. The molecule has 2 amide bonds. The van der Waals surface area contributed by atoms with E-state index in [2.05, 4.69) is 10.6 Å². The molecule has 6 heteroatoms. The first-order valence-electron chi connectivity index (χ1n) is 6.40. The molecule has 0 saturated carbocycles. The van der Waals surface area contributed by atoms with Crippen molar-refractivity contribution in [3.05, 3.63) is 34.9 Å². The van der Waals surface area contributed by atoms with Crippen molar-refractivity contribution in [3.63, 3.8) is 0 Å². The fraction of sp³-hybridized carbons (Fsp3) is 0.429. The molecule has 0 aliphatic rings. The van der Waals surface area contributed by atoms with E-state index in [0.29, 0.717) is 11.4 Å². The molecule has 1 aromatic carbocycles. The van der Waals surface area contributed by atoms with Crippen LogP contribution in [-0.4, -0.2) is 23.1 Å². The normalized spacial score (nSPS) is 12.0. The summed E-state index contributed by atoms with van der Waals surface area (Å²) >= 11 is 5.97. The summed E-state index contributed by atoms with van der Waals surface area (Å²) in [5.74, 6) is -0.855. The summed E-state index contributed by atoms with van der Waals surface area (Å²) in [6, 6.07) is 5.74. The van der Waals surface area contributed by atoms with Crippen LogP contribution in [0.25, 0.3) is 0 Å². The van der Waals surface area contributed by atoms with Gasteiger partial charge < -0.3 is 15.7 Å². The van der Waals surface area contributed by atoms with E-state index in [1.54, 1.807) is 18.2 Å². The molecule has 1 aromatic rings. The molecule has 0 unspecified atom stereocenters. The van der Waals surface area contributed by atoms with Crippen molar-refractivity contribution >= 4 is 23.6 Å². The summed E-state index contributed by atoms with van der Waals surface area (Å²) < 4.78 is 0. The quantitative estimate of drug-likeness (QED) is 0.755. The average Bonchev–Trinajstić information content (AvgIpc) is 2.36. The van der Waals surface area contributed by atoms with Crippen LogP contribution in [0.5, 0.6) is 0 Å². The third-order valence-corrected chi connectivity index (χ3v) is 3.08. The van der Waals surface area contributed by atoms with Gasteiger partial charge in [0.25, 0.3) is 0 Å². The number of hydrogen-bond donors (Lipinski definition) is 3. The summed E-state index contributed by atoms with van der Waals surface area (Å²) in [5, 5.41) is 14.6. The van der Waals surface area contributed by atoms with Crippen molar-refractivity contribution < 1.29 is 14.7 Å². The van der Waals surface area contributed by atoms with Gasteiger partial charge >= 0.3 is 12.0 Å². The number of carbonyl (C=O) groups is 2. The summed E-state index contributed by atoms with van der Waals surface area (Å²) in [5.41, 5.74) is 0.778. The maximum atomic E-state index is 11.7. The zero-order valence-electron chi connectivity index (χ0n) is 11.5. The van der Waals surface area contributed by atoms with E-state index in [4.69, 9.17) is 16.7 Å². The Hall–Kier alpha value is -1.75. The minimum absolute atomic E-state index is 0.181. The number of nitrogens with one attached hydrogen (secondary N) is 2. The van der Waals surface area contributed by atoms with E-state index < -0.39 is 18.0 Å². The van der Waals surface area contributed by atoms with Crippen molar-refractivity contribution in [2.24, 2.45) is 5.92 Å². The lowest BCUT2D eigenvalue weighted by molar-refractivity contribution is -0.139. The number of amides is 2. The highest BCUT2D eigenvalue weighted by atomic mass is 35.5. The van der Waals surface area contributed by atoms with Gasteiger partial charge in [-0.25, -0.2) is 9.59 Å². The third-order valence-electron chi connectivity index (χ3n) is 2.71. The Morgan fingerprint density at radius 3 is 2.50 bits per heavy atom. The van der Waals surface area contributed by atoms with Crippen LogP contribution < -0.4 is 10.6 Å². The Balaban J connectivity index is 2.50. The van der Waals surface area contributed by atoms with Gasteiger partial charge in [0, 0.05) is 11.6 Å². The molecule has 110 valence electrons. The van der Waals surface area contributed by atoms with Crippen LogP contribution in [0.15, 0.2) is 24.3 Å². The first-order chi connectivity index (χ1) is 9.40. The summed E-state index contributed by atoms with van der Waals surface area (Å²) in [6.07, 6.45) is 0.384. The predicted molar refractivity (Wildman–Crippen MR) is 77.7 cm³/mol. The van der Waals surface area contributed by atoms with Gasteiger partial charge in [0.1, 0.15) is 6.04 Å². The number of carboxylic acids is 1. The zero-order chi connectivity index (χ0) is 15.1. The van der Waals surface area contributed by atoms with Crippen LogP contribution in [0.4, 0.5) is 4.79 Å². The molecule has 20 heavy (non-hydrogen) atoms. The lowest BCUT2D eigenvalue weighted by Gasteiger charge is -2.17. The second-order valence-electron chi connectivity index (χ2n) is 4.94. The first kappa shape index (κ1) is 16.3. The van der Waals surface area contributed by atoms with Crippen molar-refractivity contribution in [2.75, 3.05) is 0 Å². The van der Waals surface area contributed by atoms with E-state index >= 15 is 0 Å². The Bertz CT molecular complexity index is 477. The Kier molecular flexibility index (Phi) is 6.31. The lowest BCUT2D eigenvalue weighted by Crippen LogP contribution is -2.46. The molecule has 0 bridgehead atoms. The van der Waals surface area contributed by atoms with Crippen LogP contribution in [0.1, 0.15) is 25.8 Å². The van der Waals surface area contributed by atoms with E-state index in [1.165, 1.54) is 0 Å². The maximum absolute atomic E-state index is 11.7. The molecule has 1 atom stereocenters.